The molecular weight excluding hydrogens is 270 g/mol. The van der Waals surface area contributed by atoms with Gasteiger partial charge in [0.15, 0.2) is 0 Å². The van der Waals surface area contributed by atoms with E-state index in [9.17, 15) is 0 Å². The maximum atomic E-state index is 5.67. The Morgan fingerprint density at radius 1 is 1.38 bits per heavy atom. The average Bonchev–Trinajstić information content (AvgIpc) is 2.98. The Balaban J connectivity index is 1.79. The van der Waals surface area contributed by atoms with Crippen molar-refractivity contribution in [1.82, 2.24) is 15.5 Å². The lowest BCUT2D eigenvalue weighted by Gasteiger charge is -2.20. The van der Waals surface area contributed by atoms with Gasteiger partial charge in [0.05, 0.1) is 12.7 Å². The number of rotatable bonds is 4. The minimum Gasteiger partial charge on any atom is -0.491 e. The van der Waals surface area contributed by atoms with Gasteiger partial charge in [0.25, 0.3) is 5.89 Å². The Bertz CT molecular complexity index is 591. The summed E-state index contributed by atoms with van der Waals surface area (Å²) in [6, 6.07) is 7.65. The first-order chi connectivity index (χ1) is 10.2. The predicted molar refractivity (Wildman–Crippen MR) is 77.1 cm³/mol. The lowest BCUT2D eigenvalue weighted by Crippen LogP contribution is -2.33. The summed E-state index contributed by atoms with van der Waals surface area (Å²) in [4.78, 5) is 4.43. The second-order valence-corrected chi connectivity index (χ2v) is 5.22. The molecule has 0 aliphatic carbocycles. The quantitative estimate of drug-likeness (QED) is 0.930. The molecule has 1 aromatic heterocycles. The van der Waals surface area contributed by atoms with E-state index in [-0.39, 0.29) is 12.2 Å². The molecule has 1 fully saturated rings. The first kappa shape index (κ1) is 14.0. The Morgan fingerprint density at radius 2 is 2.29 bits per heavy atom. The van der Waals surface area contributed by atoms with Gasteiger partial charge in [0.2, 0.25) is 5.82 Å². The summed E-state index contributed by atoms with van der Waals surface area (Å²) in [5, 5.41) is 7.26. The van der Waals surface area contributed by atoms with E-state index < -0.39 is 0 Å². The zero-order chi connectivity index (χ0) is 14.7. The largest absolute Gasteiger partial charge is 0.491 e. The summed E-state index contributed by atoms with van der Waals surface area (Å²) < 4.78 is 16.6. The fourth-order valence-electron chi connectivity index (χ4n) is 2.19. The van der Waals surface area contributed by atoms with Crippen LogP contribution in [0.3, 0.4) is 0 Å². The van der Waals surface area contributed by atoms with Gasteiger partial charge in [0.1, 0.15) is 11.9 Å². The molecular formula is C15H19N3O3. The second kappa shape index (κ2) is 6.24. The molecule has 0 radical (unpaired) electrons. The van der Waals surface area contributed by atoms with Crippen LogP contribution in [-0.4, -0.2) is 35.9 Å². The molecule has 0 amide bonds. The number of aromatic nitrogens is 2. The van der Waals surface area contributed by atoms with Gasteiger partial charge >= 0.3 is 0 Å². The zero-order valence-electron chi connectivity index (χ0n) is 12.2. The van der Waals surface area contributed by atoms with Crippen molar-refractivity contribution in [3.05, 3.63) is 30.1 Å². The fraction of sp³-hybridized carbons (Fsp3) is 0.467. The van der Waals surface area contributed by atoms with Crippen molar-refractivity contribution in [3.8, 4) is 17.2 Å². The van der Waals surface area contributed by atoms with Gasteiger partial charge in [-0.05, 0) is 32.0 Å². The molecule has 1 N–H and O–H groups in total. The van der Waals surface area contributed by atoms with Crippen molar-refractivity contribution in [3.63, 3.8) is 0 Å². The number of hydrogen-bond acceptors (Lipinski definition) is 6. The highest BCUT2D eigenvalue weighted by Crippen LogP contribution is 2.25. The minimum atomic E-state index is -0.147. The minimum absolute atomic E-state index is 0.125. The Labute approximate surface area is 123 Å². The van der Waals surface area contributed by atoms with Crippen molar-refractivity contribution in [2.75, 3.05) is 19.7 Å². The van der Waals surface area contributed by atoms with Crippen LogP contribution in [0, 0.1) is 0 Å². The summed E-state index contributed by atoms with van der Waals surface area (Å²) in [5.41, 5.74) is 0.843. The summed E-state index contributed by atoms with van der Waals surface area (Å²) in [7, 11) is 0. The molecule has 1 unspecified atom stereocenters. The van der Waals surface area contributed by atoms with Gasteiger partial charge in [-0.15, -0.1) is 0 Å². The highest BCUT2D eigenvalue weighted by atomic mass is 16.5. The molecule has 112 valence electrons. The molecule has 1 aliphatic heterocycles. The van der Waals surface area contributed by atoms with Gasteiger partial charge in [0, 0.05) is 18.7 Å². The van der Waals surface area contributed by atoms with E-state index in [0.717, 1.165) is 17.9 Å². The van der Waals surface area contributed by atoms with Crippen LogP contribution in [0.15, 0.2) is 28.8 Å². The van der Waals surface area contributed by atoms with Crippen LogP contribution in [0.1, 0.15) is 25.8 Å². The molecule has 2 aromatic rings. The topological polar surface area (TPSA) is 69.4 Å². The molecule has 0 spiro atoms. The standard InChI is InChI=1S/C15H19N3O3/c1-10(2)20-12-5-3-4-11(8-12)15-17-14(18-21-15)13-9-16-6-7-19-13/h3-5,8,10,13,16H,6-7,9H2,1-2H3. The Morgan fingerprint density at radius 3 is 3.05 bits per heavy atom. The van der Waals surface area contributed by atoms with Crippen molar-refractivity contribution >= 4 is 0 Å². The molecule has 6 nitrogen and oxygen atoms in total. The van der Waals surface area contributed by atoms with Gasteiger partial charge in [-0.2, -0.15) is 4.98 Å². The van der Waals surface area contributed by atoms with E-state index in [1.807, 2.05) is 38.1 Å². The smallest absolute Gasteiger partial charge is 0.258 e. The highest BCUT2D eigenvalue weighted by Gasteiger charge is 2.22. The third-order valence-electron chi connectivity index (χ3n) is 3.11. The monoisotopic (exact) mass is 289 g/mol. The van der Waals surface area contributed by atoms with E-state index in [1.165, 1.54) is 0 Å². The van der Waals surface area contributed by atoms with Crippen LogP contribution in [0.4, 0.5) is 0 Å². The summed E-state index contributed by atoms with van der Waals surface area (Å²) in [6.45, 7) is 6.20. The predicted octanol–water partition coefficient (Wildman–Crippen LogP) is 2.18. The fourth-order valence-corrected chi connectivity index (χ4v) is 2.19. The van der Waals surface area contributed by atoms with E-state index in [2.05, 4.69) is 15.5 Å². The van der Waals surface area contributed by atoms with Gasteiger partial charge in [-0.1, -0.05) is 11.2 Å². The number of ether oxygens (including phenoxy) is 2. The van der Waals surface area contributed by atoms with Crippen LogP contribution in [0.25, 0.3) is 11.5 Å². The SMILES string of the molecule is CC(C)Oc1cccc(-c2nc(C3CNCCO3)no2)c1. The molecule has 0 bridgehead atoms. The molecule has 2 heterocycles. The highest BCUT2D eigenvalue weighted by molar-refractivity contribution is 5.55. The second-order valence-electron chi connectivity index (χ2n) is 5.22. The van der Waals surface area contributed by atoms with Crippen LogP contribution >= 0.6 is 0 Å². The Hall–Kier alpha value is -1.92. The summed E-state index contributed by atoms with van der Waals surface area (Å²) >= 11 is 0. The molecule has 21 heavy (non-hydrogen) atoms. The number of benzene rings is 1. The van der Waals surface area contributed by atoms with Crippen molar-refractivity contribution in [2.24, 2.45) is 0 Å². The van der Waals surface area contributed by atoms with Crippen molar-refractivity contribution < 1.29 is 14.0 Å². The number of morpholine rings is 1. The number of hydrogen-bond donors (Lipinski definition) is 1. The first-order valence-electron chi connectivity index (χ1n) is 7.15. The van der Waals surface area contributed by atoms with Crippen LogP contribution in [0.5, 0.6) is 5.75 Å². The number of nitrogens with zero attached hydrogens (tertiary/aromatic N) is 2. The van der Waals surface area contributed by atoms with Crippen molar-refractivity contribution in [2.45, 2.75) is 26.1 Å². The summed E-state index contributed by atoms with van der Waals surface area (Å²) in [5.74, 6) is 1.85. The first-order valence-corrected chi connectivity index (χ1v) is 7.15. The van der Waals surface area contributed by atoms with Gasteiger partial charge in [-0.25, -0.2) is 0 Å². The molecule has 1 saturated heterocycles. The van der Waals surface area contributed by atoms with E-state index >= 15 is 0 Å². The average molecular weight is 289 g/mol. The Kier molecular flexibility index (Phi) is 4.17. The van der Waals surface area contributed by atoms with Crippen LogP contribution < -0.4 is 10.1 Å². The third-order valence-corrected chi connectivity index (χ3v) is 3.11. The maximum absolute atomic E-state index is 5.67. The van der Waals surface area contributed by atoms with Crippen LogP contribution in [0.2, 0.25) is 0 Å². The molecule has 3 rings (SSSR count). The van der Waals surface area contributed by atoms with Gasteiger partial charge < -0.3 is 19.3 Å². The molecule has 1 aromatic carbocycles. The van der Waals surface area contributed by atoms with Crippen LogP contribution in [-0.2, 0) is 4.74 Å². The maximum Gasteiger partial charge on any atom is 0.258 e. The number of nitrogens with one attached hydrogen (secondary N) is 1. The lowest BCUT2D eigenvalue weighted by atomic mass is 10.2. The molecule has 1 aliphatic rings. The molecule has 0 saturated carbocycles. The van der Waals surface area contributed by atoms with E-state index in [0.29, 0.717) is 24.9 Å². The van der Waals surface area contributed by atoms with Crippen molar-refractivity contribution in [1.29, 1.82) is 0 Å². The molecule has 6 heteroatoms. The van der Waals surface area contributed by atoms with E-state index in [4.69, 9.17) is 14.0 Å². The zero-order valence-corrected chi connectivity index (χ0v) is 12.2. The van der Waals surface area contributed by atoms with Gasteiger partial charge in [-0.3, -0.25) is 0 Å². The lowest BCUT2D eigenvalue weighted by molar-refractivity contribution is 0.0208. The van der Waals surface area contributed by atoms with E-state index in [1.54, 1.807) is 0 Å². The third kappa shape index (κ3) is 3.40. The summed E-state index contributed by atoms with van der Waals surface area (Å²) in [6.07, 6.45) is -0.0217. The normalized spacial score (nSPS) is 18.9. The molecule has 1 atom stereocenters.